The minimum absolute atomic E-state index is 0.119. The molecular weight excluding hydrogens is 348 g/mol. The number of hydrogen-bond acceptors (Lipinski definition) is 2. The summed E-state index contributed by atoms with van der Waals surface area (Å²) < 4.78 is 0. The Labute approximate surface area is 166 Å². The maximum absolute atomic E-state index is 12.3. The highest BCUT2D eigenvalue weighted by Crippen LogP contribution is 2.56. The molecule has 28 heavy (non-hydrogen) atoms. The average molecular weight is 377 g/mol. The van der Waals surface area contributed by atoms with Crippen LogP contribution in [0, 0.1) is 35.5 Å². The summed E-state index contributed by atoms with van der Waals surface area (Å²) in [6.07, 6.45) is 3.72. The first-order valence-electron chi connectivity index (χ1n) is 10.2. The highest BCUT2D eigenvalue weighted by molar-refractivity contribution is 5.87. The van der Waals surface area contributed by atoms with Crippen LogP contribution in [0.25, 0.3) is 0 Å². The summed E-state index contributed by atoms with van der Waals surface area (Å²) in [5, 5.41) is 0. The van der Waals surface area contributed by atoms with Gasteiger partial charge in [-0.1, -0.05) is 60.7 Å². The molecular formula is C24H28N2O2. The van der Waals surface area contributed by atoms with E-state index in [1.165, 1.54) is 11.1 Å². The van der Waals surface area contributed by atoms with Gasteiger partial charge in [-0.05, 0) is 60.5 Å². The minimum atomic E-state index is -0.433. The number of nitrogens with two attached hydrogens (primary N) is 2. The van der Waals surface area contributed by atoms with Crippen molar-refractivity contribution < 1.29 is 9.59 Å². The SMILES string of the molecule is NC(=O)C1C2CCC(C(Cc3ccccc3)C2Cc2ccccc2)C1C(N)=O. The second-order valence-electron chi connectivity index (χ2n) is 8.47. The van der Waals surface area contributed by atoms with Crippen LogP contribution in [0.5, 0.6) is 0 Å². The summed E-state index contributed by atoms with van der Waals surface area (Å²) >= 11 is 0. The fourth-order valence-electron chi connectivity index (χ4n) is 6.03. The predicted octanol–water partition coefficient (Wildman–Crippen LogP) is 2.95. The molecule has 3 saturated carbocycles. The van der Waals surface area contributed by atoms with E-state index >= 15 is 0 Å². The van der Waals surface area contributed by atoms with Crippen molar-refractivity contribution in [2.75, 3.05) is 0 Å². The Morgan fingerprint density at radius 2 is 1.04 bits per heavy atom. The lowest BCUT2D eigenvalue weighted by atomic mass is 9.48. The first-order valence-corrected chi connectivity index (χ1v) is 10.2. The van der Waals surface area contributed by atoms with Crippen LogP contribution in [0.1, 0.15) is 24.0 Å². The van der Waals surface area contributed by atoms with Gasteiger partial charge in [0.2, 0.25) is 11.8 Å². The normalized spacial score (nSPS) is 31.4. The van der Waals surface area contributed by atoms with Crippen LogP contribution in [0.2, 0.25) is 0 Å². The highest BCUT2D eigenvalue weighted by Gasteiger charge is 2.57. The second kappa shape index (κ2) is 7.78. The number of carbonyl (C=O) groups excluding carboxylic acids is 2. The van der Waals surface area contributed by atoms with E-state index in [1.54, 1.807) is 0 Å². The van der Waals surface area contributed by atoms with Gasteiger partial charge in [-0.3, -0.25) is 9.59 Å². The third kappa shape index (κ3) is 3.44. The summed E-state index contributed by atoms with van der Waals surface area (Å²) in [6, 6.07) is 20.8. The van der Waals surface area contributed by atoms with E-state index in [1.807, 2.05) is 12.1 Å². The van der Waals surface area contributed by atoms with Crippen LogP contribution in [0.3, 0.4) is 0 Å². The molecule has 3 aliphatic carbocycles. The molecule has 0 aliphatic heterocycles. The zero-order valence-corrected chi connectivity index (χ0v) is 16.0. The molecule has 146 valence electrons. The van der Waals surface area contributed by atoms with Crippen LogP contribution in [0.15, 0.2) is 60.7 Å². The third-order valence-corrected chi connectivity index (χ3v) is 7.08. The molecule has 2 amide bonds. The van der Waals surface area contributed by atoms with Crippen LogP contribution in [-0.4, -0.2) is 11.8 Å². The van der Waals surface area contributed by atoms with Crippen molar-refractivity contribution in [3.8, 4) is 0 Å². The maximum atomic E-state index is 12.3. The van der Waals surface area contributed by atoms with E-state index in [9.17, 15) is 9.59 Å². The van der Waals surface area contributed by atoms with E-state index < -0.39 is 11.8 Å². The molecule has 6 atom stereocenters. The third-order valence-electron chi connectivity index (χ3n) is 7.08. The molecule has 3 fully saturated rings. The molecule has 4 heteroatoms. The molecule has 5 rings (SSSR count). The Balaban J connectivity index is 1.71. The largest absolute Gasteiger partial charge is 0.369 e. The van der Waals surface area contributed by atoms with Gasteiger partial charge in [-0.25, -0.2) is 0 Å². The van der Waals surface area contributed by atoms with Crippen molar-refractivity contribution in [2.24, 2.45) is 47.0 Å². The predicted molar refractivity (Wildman–Crippen MR) is 109 cm³/mol. The number of fused-ring (bicyclic) bond motifs is 3. The molecule has 0 radical (unpaired) electrons. The quantitative estimate of drug-likeness (QED) is 0.812. The summed E-state index contributed by atoms with van der Waals surface area (Å²) in [5.41, 5.74) is 14.1. The number of carbonyl (C=O) groups is 2. The van der Waals surface area contributed by atoms with E-state index in [0.29, 0.717) is 11.8 Å². The van der Waals surface area contributed by atoms with Crippen LogP contribution in [-0.2, 0) is 22.4 Å². The average Bonchev–Trinajstić information content (AvgIpc) is 2.70. The number of primary amides is 2. The summed E-state index contributed by atoms with van der Waals surface area (Å²) in [4.78, 5) is 24.7. The van der Waals surface area contributed by atoms with Crippen molar-refractivity contribution >= 4 is 11.8 Å². The van der Waals surface area contributed by atoms with Gasteiger partial charge in [-0.2, -0.15) is 0 Å². The molecule has 3 aliphatic rings. The number of rotatable bonds is 6. The zero-order valence-electron chi connectivity index (χ0n) is 16.0. The molecule has 6 unspecified atom stereocenters. The molecule has 2 aromatic carbocycles. The molecule has 2 aromatic rings. The molecule has 2 bridgehead atoms. The topological polar surface area (TPSA) is 86.2 Å². The van der Waals surface area contributed by atoms with Gasteiger partial charge in [-0.15, -0.1) is 0 Å². The number of hydrogen-bond donors (Lipinski definition) is 2. The second-order valence-corrected chi connectivity index (χ2v) is 8.47. The fraction of sp³-hybridized carbons (Fsp3) is 0.417. The van der Waals surface area contributed by atoms with Crippen molar-refractivity contribution in [1.82, 2.24) is 0 Å². The summed E-state index contributed by atoms with van der Waals surface area (Å²) in [5.74, 6) is -0.704. The highest BCUT2D eigenvalue weighted by atomic mass is 16.2. The molecule has 0 spiro atoms. The monoisotopic (exact) mass is 376 g/mol. The summed E-state index contributed by atoms with van der Waals surface area (Å²) in [7, 11) is 0. The fourth-order valence-corrected chi connectivity index (χ4v) is 6.03. The zero-order chi connectivity index (χ0) is 19.7. The van der Waals surface area contributed by atoms with Gasteiger partial charge >= 0.3 is 0 Å². The number of benzene rings is 2. The first-order chi connectivity index (χ1) is 13.6. The Morgan fingerprint density at radius 3 is 1.36 bits per heavy atom. The molecule has 0 aromatic heterocycles. The lowest BCUT2D eigenvalue weighted by molar-refractivity contribution is -0.152. The molecule has 4 nitrogen and oxygen atoms in total. The van der Waals surface area contributed by atoms with Gasteiger partial charge in [0.15, 0.2) is 0 Å². The van der Waals surface area contributed by atoms with Crippen molar-refractivity contribution in [3.63, 3.8) is 0 Å². The van der Waals surface area contributed by atoms with Crippen molar-refractivity contribution in [3.05, 3.63) is 71.8 Å². The lowest BCUT2D eigenvalue weighted by Gasteiger charge is -2.55. The Bertz CT molecular complexity index is 765. The van der Waals surface area contributed by atoms with Crippen molar-refractivity contribution in [2.45, 2.75) is 25.7 Å². The number of amides is 2. The van der Waals surface area contributed by atoms with Gasteiger partial charge in [0.05, 0.1) is 11.8 Å². The van der Waals surface area contributed by atoms with E-state index in [0.717, 1.165) is 25.7 Å². The summed E-state index contributed by atoms with van der Waals surface area (Å²) in [6.45, 7) is 0. The van der Waals surface area contributed by atoms with Gasteiger partial charge in [0.25, 0.3) is 0 Å². The lowest BCUT2D eigenvalue weighted by Crippen LogP contribution is -2.59. The Hall–Kier alpha value is -2.62. The standard InChI is InChI=1S/C24H28N2O2/c25-23(27)21-17-11-12-18(22(21)24(26)28)20(14-16-9-5-2-6-10-16)19(17)13-15-7-3-1-4-8-15/h1-10,17-22H,11-14H2,(H2,25,27)(H2,26,28). The van der Waals surface area contributed by atoms with Gasteiger partial charge in [0, 0.05) is 0 Å². The van der Waals surface area contributed by atoms with Crippen LogP contribution >= 0.6 is 0 Å². The Morgan fingerprint density at radius 1 is 0.679 bits per heavy atom. The molecule has 0 saturated heterocycles. The van der Waals surface area contributed by atoms with E-state index in [-0.39, 0.29) is 23.7 Å². The van der Waals surface area contributed by atoms with Gasteiger partial charge < -0.3 is 11.5 Å². The van der Waals surface area contributed by atoms with Crippen LogP contribution in [0.4, 0.5) is 0 Å². The van der Waals surface area contributed by atoms with E-state index in [2.05, 4.69) is 48.5 Å². The molecule has 4 N–H and O–H groups in total. The maximum Gasteiger partial charge on any atom is 0.221 e. The first kappa shape index (κ1) is 18.7. The van der Waals surface area contributed by atoms with Gasteiger partial charge in [0.1, 0.15) is 0 Å². The molecule has 0 heterocycles. The minimum Gasteiger partial charge on any atom is -0.369 e. The van der Waals surface area contributed by atoms with Crippen molar-refractivity contribution in [1.29, 1.82) is 0 Å². The smallest absolute Gasteiger partial charge is 0.221 e. The van der Waals surface area contributed by atoms with E-state index in [4.69, 9.17) is 11.5 Å². The van der Waals surface area contributed by atoms with Crippen LogP contribution < -0.4 is 11.5 Å². The Kier molecular flexibility index (Phi) is 5.21.